The third-order valence-corrected chi connectivity index (χ3v) is 6.11. The van der Waals surface area contributed by atoms with Crippen molar-refractivity contribution in [1.82, 2.24) is 15.0 Å². The maximum Gasteiger partial charge on any atom is 0.311 e. The summed E-state index contributed by atoms with van der Waals surface area (Å²) in [5, 5.41) is 9.70. The number of pyridine rings is 1. The first-order valence-corrected chi connectivity index (χ1v) is 11.2. The van der Waals surface area contributed by atoms with E-state index in [2.05, 4.69) is 35.7 Å². The predicted octanol–water partition coefficient (Wildman–Crippen LogP) is 5.51. The van der Waals surface area contributed by atoms with E-state index in [1.54, 1.807) is 30.6 Å². The number of hydrogen-bond donors (Lipinski definition) is 0. The Labute approximate surface area is 199 Å². The first-order valence-electron chi connectivity index (χ1n) is 11.2. The number of nitrogens with zero attached hydrogens (tertiary/aromatic N) is 4. The number of aromatic nitrogens is 3. The number of carbonyl (C=O) groups excluding carboxylic acids is 1. The predicted molar refractivity (Wildman–Crippen MR) is 126 cm³/mol. The normalized spacial score (nSPS) is 19.5. The minimum atomic E-state index is -1.14. The summed E-state index contributed by atoms with van der Waals surface area (Å²) in [6, 6.07) is 16.3. The summed E-state index contributed by atoms with van der Waals surface area (Å²) in [5.74, 6) is 0.797. The first kappa shape index (κ1) is 23.4. The molecular weight excluding hydrogens is 428 g/mol. The van der Waals surface area contributed by atoms with Crippen LogP contribution in [0.4, 0.5) is 0 Å². The lowest BCUT2D eigenvalue weighted by molar-refractivity contribution is -0.149. The average molecular weight is 457 g/mol. The molecule has 174 valence electrons. The Bertz CT molecular complexity index is 1210. The zero-order valence-corrected chi connectivity index (χ0v) is 20.0. The van der Waals surface area contributed by atoms with Gasteiger partial charge in [-0.1, -0.05) is 58.9 Å². The van der Waals surface area contributed by atoms with Crippen LogP contribution >= 0.6 is 0 Å². The number of benzene rings is 1. The van der Waals surface area contributed by atoms with Crippen LogP contribution in [0.1, 0.15) is 63.7 Å². The van der Waals surface area contributed by atoms with Gasteiger partial charge in [0.1, 0.15) is 17.6 Å². The molecule has 0 N–H and O–H groups in total. The molecule has 2 aromatic heterocycles. The molecule has 3 atom stereocenters. The number of para-hydroxylation sites is 1. The molecule has 7 heteroatoms. The van der Waals surface area contributed by atoms with Crippen LogP contribution in [0, 0.1) is 22.7 Å². The second-order valence-electron chi connectivity index (χ2n) is 10.1. The highest BCUT2D eigenvalue weighted by atomic mass is 16.5. The molecule has 0 amide bonds. The SMILES string of the molecule is CC(C)(C)c1ncc(C2C(C(=O)OC(C#N)c3cccc(Oc4ccccc4)n3)C2(C)C)cn1. The largest absolute Gasteiger partial charge is 0.440 e. The Kier molecular flexibility index (Phi) is 6.09. The van der Waals surface area contributed by atoms with Gasteiger partial charge in [0, 0.05) is 29.8 Å². The van der Waals surface area contributed by atoms with Crippen molar-refractivity contribution >= 4 is 5.97 Å². The van der Waals surface area contributed by atoms with Crippen LogP contribution in [0.3, 0.4) is 0 Å². The summed E-state index contributed by atoms with van der Waals surface area (Å²) in [7, 11) is 0. The molecule has 3 aromatic rings. The van der Waals surface area contributed by atoms with Crippen LogP contribution < -0.4 is 4.74 Å². The molecule has 4 rings (SSSR count). The Hall–Kier alpha value is -3.79. The number of nitriles is 1. The van der Waals surface area contributed by atoms with Crippen molar-refractivity contribution < 1.29 is 14.3 Å². The lowest BCUT2D eigenvalue weighted by Crippen LogP contribution is -2.16. The fourth-order valence-corrected chi connectivity index (χ4v) is 4.17. The molecule has 1 aliphatic rings. The summed E-state index contributed by atoms with van der Waals surface area (Å²) < 4.78 is 11.4. The van der Waals surface area contributed by atoms with Gasteiger partial charge in [-0.2, -0.15) is 5.26 Å². The van der Waals surface area contributed by atoms with E-state index in [1.165, 1.54) is 0 Å². The number of esters is 1. The van der Waals surface area contributed by atoms with Crippen LogP contribution in [0.15, 0.2) is 60.9 Å². The van der Waals surface area contributed by atoms with Gasteiger partial charge in [0.25, 0.3) is 0 Å². The van der Waals surface area contributed by atoms with Crippen LogP contribution in [0.2, 0.25) is 0 Å². The highest BCUT2D eigenvalue weighted by molar-refractivity contribution is 5.80. The maximum atomic E-state index is 13.1. The second-order valence-corrected chi connectivity index (χ2v) is 10.1. The van der Waals surface area contributed by atoms with Crippen LogP contribution in [0.5, 0.6) is 11.6 Å². The molecule has 1 saturated carbocycles. The van der Waals surface area contributed by atoms with Gasteiger partial charge < -0.3 is 9.47 Å². The Balaban J connectivity index is 1.47. The van der Waals surface area contributed by atoms with E-state index in [0.717, 1.165) is 11.4 Å². The van der Waals surface area contributed by atoms with Gasteiger partial charge in [0.2, 0.25) is 12.0 Å². The Morgan fingerprint density at radius 3 is 2.35 bits per heavy atom. The molecule has 34 heavy (non-hydrogen) atoms. The number of carbonyl (C=O) groups is 1. The number of hydrogen-bond acceptors (Lipinski definition) is 7. The van der Waals surface area contributed by atoms with E-state index in [-0.39, 0.29) is 16.7 Å². The first-order chi connectivity index (χ1) is 16.1. The number of ether oxygens (including phenoxy) is 2. The Morgan fingerprint density at radius 1 is 1.06 bits per heavy atom. The van der Waals surface area contributed by atoms with Gasteiger partial charge in [-0.15, -0.1) is 0 Å². The molecule has 1 aliphatic carbocycles. The van der Waals surface area contributed by atoms with E-state index in [1.807, 2.05) is 50.2 Å². The van der Waals surface area contributed by atoms with Gasteiger partial charge in [0.15, 0.2) is 0 Å². The molecule has 2 heterocycles. The standard InChI is InChI=1S/C27H28N4O3/c1-26(2,3)25-29-15-17(16-30-25)22-23(27(22,4)5)24(32)34-20(14-28)19-12-9-13-21(31-19)33-18-10-7-6-8-11-18/h6-13,15-16,20,22-23H,1-5H3. The molecule has 0 bridgehead atoms. The monoisotopic (exact) mass is 456 g/mol. The molecule has 0 saturated heterocycles. The van der Waals surface area contributed by atoms with Crippen molar-refractivity contribution in [1.29, 1.82) is 5.26 Å². The van der Waals surface area contributed by atoms with Crippen molar-refractivity contribution in [3.63, 3.8) is 0 Å². The zero-order chi connectivity index (χ0) is 24.5. The van der Waals surface area contributed by atoms with E-state index in [0.29, 0.717) is 17.3 Å². The van der Waals surface area contributed by atoms with Gasteiger partial charge in [0.05, 0.1) is 11.6 Å². The lowest BCUT2D eigenvalue weighted by atomic mass is 9.95. The lowest BCUT2D eigenvalue weighted by Gasteiger charge is -2.16. The maximum absolute atomic E-state index is 13.1. The molecule has 0 radical (unpaired) electrons. The highest BCUT2D eigenvalue weighted by Crippen LogP contribution is 2.64. The van der Waals surface area contributed by atoms with E-state index in [4.69, 9.17) is 9.47 Å². The van der Waals surface area contributed by atoms with Gasteiger partial charge in [-0.25, -0.2) is 15.0 Å². The Morgan fingerprint density at radius 2 is 1.74 bits per heavy atom. The zero-order valence-electron chi connectivity index (χ0n) is 20.0. The average Bonchev–Trinajstić information content (AvgIpc) is 3.39. The minimum absolute atomic E-state index is 0.0749. The van der Waals surface area contributed by atoms with Crippen LogP contribution in [-0.4, -0.2) is 20.9 Å². The topological polar surface area (TPSA) is 98.0 Å². The molecule has 7 nitrogen and oxygen atoms in total. The van der Waals surface area contributed by atoms with Crippen molar-refractivity contribution in [3.05, 3.63) is 78.0 Å². The molecule has 0 aliphatic heterocycles. The van der Waals surface area contributed by atoms with Gasteiger partial charge >= 0.3 is 5.97 Å². The van der Waals surface area contributed by atoms with Crippen molar-refractivity contribution in [2.45, 2.75) is 52.1 Å². The summed E-state index contributed by atoms with van der Waals surface area (Å²) in [6.07, 6.45) is 2.45. The van der Waals surface area contributed by atoms with Crippen molar-refractivity contribution in [2.24, 2.45) is 11.3 Å². The summed E-state index contributed by atoms with van der Waals surface area (Å²) in [6.45, 7) is 10.2. The third-order valence-electron chi connectivity index (χ3n) is 6.11. The van der Waals surface area contributed by atoms with Crippen LogP contribution in [0.25, 0.3) is 0 Å². The summed E-state index contributed by atoms with van der Waals surface area (Å²) >= 11 is 0. The van der Waals surface area contributed by atoms with E-state index < -0.39 is 18.0 Å². The van der Waals surface area contributed by atoms with E-state index >= 15 is 0 Å². The molecule has 1 aromatic carbocycles. The molecule has 1 fully saturated rings. The van der Waals surface area contributed by atoms with Crippen LogP contribution in [-0.2, 0) is 14.9 Å². The molecular formula is C27H28N4O3. The summed E-state index contributed by atoms with van der Waals surface area (Å²) in [4.78, 5) is 26.5. The highest BCUT2D eigenvalue weighted by Gasteiger charge is 2.63. The molecule has 0 spiro atoms. The fourth-order valence-electron chi connectivity index (χ4n) is 4.17. The smallest absolute Gasteiger partial charge is 0.311 e. The van der Waals surface area contributed by atoms with Crippen molar-refractivity contribution in [3.8, 4) is 17.7 Å². The third kappa shape index (κ3) is 4.76. The van der Waals surface area contributed by atoms with Gasteiger partial charge in [-0.3, -0.25) is 4.79 Å². The van der Waals surface area contributed by atoms with E-state index in [9.17, 15) is 10.1 Å². The minimum Gasteiger partial charge on any atom is -0.440 e. The molecule has 3 unspecified atom stereocenters. The van der Waals surface area contributed by atoms with Crippen molar-refractivity contribution in [2.75, 3.05) is 0 Å². The number of rotatable bonds is 6. The second kappa shape index (κ2) is 8.86. The van der Waals surface area contributed by atoms with Gasteiger partial charge in [-0.05, 0) is 29.2 Å². The quantitative estimate of drug-likeness (QED) is 0.451. The summed E-state index contributed by atoms with van der Waals surface area (Å²) in [5.41, 5.74) is 0.735. The fraction of sp³-hybridized carbons (Fsp3) is 0.370.